The summed E-state index contributed by atoms with van der Waals surface area (Å²) in [6, 6.07) is 2.59. The van der Waals surface area contributed by atoms with Gasteiger partial charge in [-0.3, -0.25) is 0 Å². The monoisotopic (exact) mass is 234 g/mol. The Bertz CT molecular complexity index is 289. The third-order valence-electron chi connectivity index (χ3n) is 1.40. The van der Waals surface area contributed by atoms with Crippen LogP contribution in [0.2, 0.25) is 0 Å². The summed E-state index contributed by atoms with van der Waals surface area (Å²) in [6.45, 7) is 0. The van der Waals surface area contributed by atoms with Gasteiger partial charge in [0.1, 0.15) is 5.82 Å². The maximum Gasteiger partial charge on any atom is 0.175 e. The maximum absolute atomic E-state index is 12.8. The van der Waals surface area contributed by atoms with Crippen molar-refractivity contribution in [1.29, 1.82) is 0 Å². The Morgan fingerprint density at radius 1 is 1.25 bits per heavy atom. The van der Waals surface area contributed by atoms with Crippen LogP contribution in [0.15, 0.2) is 16.6 Å². The second-order valence-corrected chi connectivity index (χ2v) is 2.98. The van der Waals surface area contributed by atoms with E-state index in [1.165, 1.54) is 26.4 Å². The summed E-state index contributed by atoms with van der Waals surface area (Å²) in [5.41, 5.74) is 0. The first-order valence-corrected chi connectivity index (χ1v) is 4.05. The van der Waals surface area contributed by atoms with Crippen molar-refractivity contribution in [1.82, 2.24) is 0 Å². The molecule has 0 atom stereocenters. The van der Waals surface area contributed by atoms with E-state index in [-0.39, 0.29) is 5.82 Å². The lowest BCUT2D eigenvalue weighted by atomic mass is 10.3. The number of ether oxygens (including phenoxy) is 2. The van der Waals surface area contributed by atoms with Gasteiger partial charge in [0.15, 0.2) is 11.5 Å². The Kier molecular flexibility index (Phi) is 2.92. The van der Waals surface area contributed by atoms with Crippen LogP contribution in [0.25, 0.3) is 0 Å². The van der Waals surface area contributed by atoms with Gasteiger partial charge in [-0.15, -0.1) is 0 Å². The molecule has 0 saturated carbocycles. The van der Waals surface area contributed by atoms with E-state index in [1.807, 2.05) is 0 Å². The molecule has 0 fully saturated rings. The van der Waals surface area contributed by atoms with E-state index in [0.29, 0.717) is 16.0 Å². The summed E-state index contributed by atoms with van der Waals surface area (Å²) < 4.78 is 23.2. The van der Waals surface area contributed by atoms with E-state index in [0.717, 1.165) is 0 Å². The highest BCUT2D eigenvalue weighted by molar-refractivity contribution is 9.10. The second kappa shape index (κ2) is 3.76. The van der Waals surface area contributed by atoms with E-state index in [9.17, 15) is 4.39 Å². The Hall–Kier alpha value is -0.770. The lowest BCUT2D eigenvalue weighted by Gasteiger charge is -2.08. The molecule has 1 aromatic carbocycles. The summed E-state index contributed by atoms with van der Waals surface area (Å²) in [4.78, 5) is 0. The molecule has 0 spiro atoms. The maximum atomic E-state index is 12.8. The minimum absolute atomic E-state index is 0.362. The van der Waals surface area contributed by atoms with Gasteiger partial charge in [0.25, 0.3) is 0 Å². The fraction of sp³-hybridized carbons (Fsp3) is 0.250. The molecule has 0 heterocycles. The minimum atomic E-state index is -0.362. The van der Waals surface area contributed by atoms with Gasteiger partial charge in [-0.1, -0.05) is 0 Å². The highest BCUT2D eigenvalue weighted by Crippen LogP contribution is 2.35. The Morgan fingerprint density at radius 3 is 2.42 bits per heavy atom. The Morgan fingerprint density at radius 2 is 1.92 bits per heavy atom. The van der Waals surface area contributed by atoms with Crippen LogP contribution in [-0.2, 0) is 0 Å². The molecule has 4 heteroatoms. The quantitative estimate of drug-likeness (QED) is 0.784. The van der Waals surface area contributed by atoms with Crippen LogP contribution in [0.1, 0.15) is 0 Å². The van der Waals surface area contributed by atoms with Gasteiger partial charge in [0.2, 0.25) is 0 Å². The van der Waals surface area contributed by atoms with Crippen molar-refractivity contribution in [2.75, 3.05) is 14.2 Å². The molecule has 1 aromatic rings. The number of hydrogen-bond donors (Lipinski definition) is 0. The number of rotatable bonds is 2. The SMILES string of the molecule is COc1cc(F)cc(Br)c1OC. The zero-order chi connectivity index (χ0) is 9.14. The predicted octanol–water partition coefficient (Wildman–Crippen LogP) is 2.61. The zero-order valence-corrected chi connectivity index (χ0v) is 8.31. The van der Waals surface area contributed by atoms with Gasteiger partial charge < -0.3 is 9.47 Å². The molecule has 66 valence electrons. The first-order valence-electron chi connectivity index (χ1n) is 3.26. The highest BCUT2D eigenvalue weighted by atomic mass is 79.9. The predicted molar refractivity (Wildman–Crippen MR) is 47.2 cm³/mol. The van der Waals surface area contributed by atoms with Gasteiger partial charge in [-0.25, -0.2) is 4.39 Å². The fourth-order valence-corrected chi connectivity index (χ4v) is 1.46. The Labute approximate surface area is 78.4 Å². The van der Waals surface area contributed by atoms with Crippen molar-refractivity contribution in [3.05, 3.63) is 22.4 Å². The van der Waals surface area contributed by atoms with Gasteiger partial charge >= 0.3 is 0 Å². The smallest absolute Gasteiger partial charge is 0.175 e. The van der Waals surface area contributed by atoms with Crippen LogP contribution in [0.3, 0.4) is 0 Å². The van der Waals surface area contributed by atoms with Crippen molar-refractivity contribution in [3.63, 3.8) is 0 Å². The first kappa shape index (κ1) is 9.32. The molecule has 0 aliphatic heterocycles. The van der Waals surface area contributed by atoms with Crippen LogP contribution in [0, 0.1) is 5.82 Å². The molecule has 0 aromatic heterocycles. The van der Waals surface area contributed by atoms with E-state index in [1.54, 1.807) is 0 Å². The molecule has 0 aliphatic rings. The minimum Gasteiger partial charge on any atom is -0.493 e. The second-order valence-electron chi connectivity index (χ2n) is 2.12. The average molecular weight is 235 g/mol. The molecule has 0 radical (unpaired) electrons. The molecule has 1 rings (SSSR count). The zero-order valence-electron chi connectivity index (χ0n) is 6.73. The fourth-order valence-electron chi connectivity index (χ4n) is 0.886. The van der Waals surface area contributed by atoms with Crippen molar-refractivity contribution < 1.29 is 13.9 Å². The summed E-state index contributed by atoms with van der Waals surface area (Å²) in [5.74, 6) is 0.516. The van der Waals surface area contributed by atoms with Gasteiger partial charge in [-0.05, 0) is 22.0 Å². The molecule has 2 nitrogen and oxygen atoms in total. The highest BCUT2D eigenvalue weighted by Gasteiger charge is 2.09. The molecule has 0 amide bonds. The molecule has 0 aliphatic carbocycles. The lowest BCUT2D eigenvalue weighted by molar-refractivity contribution is 0.350. The van der Waals surface area contributed by atoms with E-state index >= 15 is 0 Å². The summed E-state index contributed by atoms with van der Waals surface area (Å²) in [6.07, 6.45) is 0. The van der Waals surface area contributed by atoms with Crippen LogP contribution < -0.4 is 9.47 Å². The van der Waals surface area contributed by atoms with Gasteiger partial charge in [-0.2, -0.15) is 0 Å². The summed E-state index contributed by atoms with van der Waals surface area (Å²) >= 11 is 3.15. The van der Waals surface area contributed by atoms with Crippen LogP contribution in [-0.4, -0.2) is 14.2 Å². The third kappa shape index (κ3) is 1.69. The largest absolute Gasteiger partial charge is 0.493 e. The number of benzene rings is 1. The standard InChI is InChI=1S/C8H8BrFO2/c1-11-7-4-5(10)3-6(9)8(7)12-2/h3-4H,1-2H3. The van der Waals surface area contributed by atoms with E-state index < -0.39 is 0 Å². The Balaban J connectivity index is 3.24. The van der Waals surface area contributed by atoms with Crippen LogP contribution in [0.4, 0.5) is 4.39 Å². The number of halogens is 2. The molecule has 0 N–H and O–H groups in total. The summed E-state index contributed by atoms with van der Waals surface area (Å²) in [7, 11) is 2.96. The average Bonchev–Trinajstić information content (AvgIpc) is 2.03. The number of hydrogen-bond acceptors (Lipinski definition) is 2. The van der Waals surface area contributed by atoms with Crippen LogP contribution >= 0.6 is 15.9 Å². The van der Waals surface area contributed by atoms with Crippen molar-refractivity contribution in [3.8, 4) is 11.5 Å². The lowest BCUT2D eigenvalue weighted by Crippen LogP contribution is -1.92. The topological polar surface area (TPSA) is 18.5 Å². The van der Waals surface area contributed by atoms with Crippen molar-refractivity contribution in [2.45, 2.75) is 0 Å². The molecule has 12 heavy (non-hydrogen) atoms. The molecule has 0 bridgehead atoms. The van der Waals surface area contributed by atoms with E-state index in [4.69, 9.17) is 9.47 Å². The van der Waals surface area contributed by atoms with Crippen molar-refractivity contribution in [2.24, 2.45) is 0 Å². The molecule has 0 saturated heterocycles. The summed E-state index contributed by atoms with van der Waals surface area (Å²) in [5, 5.41) is 0. The van der Waals surface area contributed by atoms with Gasteiger partial charge in [0.05, 0.1) is 18.7 Å². The first-order chi connectivity index (χ1) is 5.69. The van der Waals surface area contributed by atoms with Crippen molar-refractivity contribution >= 4 is 15.9 Å². The molecular weight excluding hydrogens is 227 g/mol. The number of methoxy groups -OCH3 is 2. The normalized spacial score (nSPS) is 9.67. The molecular formula is C8H8BrFO2. The van der Waals surface area contributed by atoms with Gasteiger partial charge in [0, 0.05) is 6.07 Å². The van der Waals surface area contributed by atoms with E-state index in [2.05, 4.69) is 15.9 Å². The third-order valence-corrected chi connectivity index (χ3v) is 1.99. The molecule has 0 unspecified atom stereocenters. The van der Waals surface area contributed by atoms with Crippen LogP contribution in [0.5, 0.6) is 11.5 Å².